The molecule has 0 radical (unpaired) electrons. The van der Waals surface area contributed by atoms with Gasteiger partial charge < -0.3 is 10.4 Å². The molecule has 2 rings (SSSR count). The van der Waals surface area contributed by atoms with E-state index in [0.29, 0.717) is 5.75 Å². The van der Waals surface area contributed by atoms with Crippen molar-refractivity contribution in [1.82, 2.24) is 0 Å². The van der Waals surface area contributed by atoms with Crippen molar-refractivity contribution in [3.8, 4) is 5.75 Å². The fourth-order valence-corrected chi connectivity index (χ4v) is 1.84. The first-order valence-electron chi connectivity index (χ1n) is 5.78. The van der Waals surface area contributed by atoms with Gasteiger partial charge in [-0.15, -0.1) is 0 Å². The molecule has 0 fully saturated rings. The summed E-state index contributed by atoms with van der Waals surface area (Å²) in [7, 11) is 0. The third kappa shape index (κ3) is 2.59. The normalized spacial score (nSPS) is 12.1. The third-order valence-corrected chi connectivity index (χ3v) is 2.98. The molecule has 1 atom stereocenters. The van der Waals surface area contributed by atoms with Crippen molar-refractivity contribution in [3.63, 3.8) is 0 Å². The van der Waals surface area contributed by atoms with Crippen LogP contribution in [0, 0.1) is 6.92 Å². The van der Waals surface area contributed by atoms with Crippen LogP contribution in [0.25, 0.3) is 0 Å². The Morgan fingerprint density at radius 2 is 1.71 bits per heavy atom. The van der Waals surface area contributed by atoms with Gasteiger partial charge in [0.05, 0.1) is 0 Å². The van der Waals surface area contributed by atoms with Crippen LogP contribution in [-0.2, 0) is 0 Å². The van der Waals surface area contributed by atoms with Crippen LogP contribution in [0.5, 0.6) is 5.75 Å². The highest BCUT2D eigenvalue weighted by Gasteiger charge is 2.07. The number of benzene rings is 2. The van der Waals surface area contributed by atoms with Gasteiger partial charge in [-0.2, -0.15) is 0 Å². The highest BCUT2D eigenvalue weighted by molar-refractivity contribution is 5.57. The maximum atomic E-state index is 9.64. The topological polar surface area (TPSA) is 32.3 Å². The molecule has 2 heteroatoms. The molecule has 0 aromatic heterocycles. The molecule has 1 unspecified atom stereocenters. The maximum absolute atomic E-state index is 9.64. The number of aromatic hydroxyl groups is 1. The Morgan fingerprint density at radius 1 is 1.00 bits per heavy atom. The molecule has 17 heavy (non-hydrogen) atoms. The number of nitrogens with one attached hydrogen (secondary N) is 1. The smallest absolute Gasteiger partial charge is 0.120 e. The summed E-state index contributed by atoms with van der Waals surface area (Å²) in [5, 5.41) is 13.1. The number of phenols is 1. The highest BCUT2D eigenvalue weighted by atomic mass is 16.3. The first kappa shape index (κ1) is 11.5. The fourth-order valence-electron chi connectivity index (χ4n) is 1.84. The Morgan fingerprint density at radius 3 is 2.41 bits per heavy atom. The molecule has 0 saturated carbocycles. The second-order valence-corrected chi connectivity index (χ2v) is 4.23. The predicted octanol–water partition coefficient (Wildman–Crippen LogP) is 3.87. The summed E-state index contributed by atoms with van der Waals surface area (Å²) < 4.78 is 0. The molecule has 0 aliphatic heterocycles. The summed E-state index contributed by atoms with van der Waals surface area (Å²) in [5.41, 5.74) is 3.09. The van der Waals surface area contributed by atoms with Gasteiger partial charge in [-0.1, -0.05) is 36.4 Å². The zero-order chi connectivity index (χ0) is 12.3. The van der Waals surface area contributed by atoms with Crippen LogP contribution in [0.2, 0.25) is 0 Å². The molecule has 0 amide bonds. The van der Waals surface area contributed by atoms with Gasteiger partial charge in [-0.25, -0.2) is 0 Å². The van der Waals surface area contributed by atoms with Crippen LogP contribution in [0.15, 0.2) is 48.5 Å². The zero-order valence-corrected chi connectivity index (χ0v) is 10.1. The summed E-state index contributed by atoms with van der Waals surface area (Å²) in [4.78, 5) is 0. The van der Waals surface area contributed by atoms with E-state index >= 15 is 0 Å². The molecule has 2 aromatic carbocycles. The van der Waals surface area contributed by atoms with Gasteiger partial charge in [-0.05, 0) is 31.5 Å². The van der Waals surface area contributed by atoms with Crippen LogP contribution in [0.1, 0.15) is 24.1 Å². The molecular formula is C15H17NO. The maximum Gasteiger partial charge on any atom is 0.120 e. The molecule has 2 aromatic rings. The van der Waals surface area contributed by atoms with E-state index in [1.165, 1.54) is 5.56 Å². The van der Waals surface area contributed by atoms with E-state index in [0.717, 1.165) is 11.3 Å². The molecule has 0 aliphatic carbocycles. The first-order valence-corrected chi connectivity index (χ1v) is 5.78. The minimum Gasteiger partial charge on any atom is -0.508 e. The molecular weight excluding hydrogens is 210 g/mol. The molecule has 2 N–H and O–H groups in total. The Kier molecular flexibility index (Phi) is 3.33. The van der Waals surface area contributed by atoms with E-state index in [9.17, 15) is 5.11 Å². The van der Waals surface area contributed by atoms with Crippen molar-refractivity contribution in [2.45, 2.75) is 19.9 Å². The SMILES string of the molecule is Cc1c(O)cccc1NC(C)c1ccccc1. The molecule has 0 aliphatic rings. The van der Waals surface area contributed by atoms with E-state index in [-0.39, 0.29) is 6.04 Å². The van der Waals surface area contributed by atoms with Crippen molar-refractivity contribution in [1.29, 1.82) is 0 Å². The summed E-state index contributed by atoms with van der Waals surface area (Å²) >= 11 is 0. The van der Waals surface area contributed by atoms with Crippen molar-refractivity contribution < 1.29 is 5.11 Å². The van der Waals surface area contributed by atoms with E-state index in [1.54, 1.807) is 6.07 Å². The van der Waals surface area contributed by atoms with Crippen LogP contribution < -0.4 is 5.32 Å². The Balaban J connectivity index is 2.19. The molecule has 2 nitrogen and oxygen atoms in total. The number of anilines is 1. The minimum atomic E-state index is 0.219. The van der Waals surface area contributed by atoms with Crippen molar-refractivity contribution >= 4 is 5.69 Å². The van der Waals surface area contributed by atoms with E-state index < -0.39 is 0 Å². The Bertz CT molecular complexity index is 494. The van der Waals surface area contributed by atoms with Crippen molar-refractivity contribution in [2.75, 3.05) is 5.32 Å². The lowest BCUT2D eigenvalue weighted by atomic mass is 10.1. The van der Waals surface area contributed by atoms with Gasteiger partial charge in [0.15, 0.2) is 0 Å². The zero-order valence-electron chi connectivity index (χ0n) is 10.1. The standard InChI is InChI=1S/C15H17NO/c1-11-14(9-6-10-15(11)17)16-12(2)13-7-4-3-5-8-13/h3-10,12,16-17H,1-2H3. The summed E-state index contributed by atoms with van der Waals surface area (Å²) in [6.07, 6.45) is 0. The van der Waals surface area contributed by atoms with Gasteiger partial charge in [0, 0.05) is 17.3 Å². The molecule has 0 spiro atoms. The van der Waals surface area contributed by atoms with Crippen LogP contribution in [-0.4, -0.2) is 5.11 Å². The molecule has 0 bridgehead atoms. The van der Waals surface area contributed by atoms with Crippen LogP contribution >= 0.6 is 0 Å². The van der Waals surface area contributed by atoms with Gasteiger partial charge >= 0.3 is 0 Å². The lowest BCUT2D eigenvalue weighted by Crippen LogP contribution is -2.07. The quantitative estimate of drug-likeness (QED) is 0.834. The number of hydrogen-bond donors (Lipinski definition) is 2. The summed E-state index contributed by atoms with van der Waals surface area (Å²) in [6.45, 7) is 4.02. The molecule has 0 saturated heterocycles. The lowest BCUT2D eigenvalue weighted by Gasteiger charge is -2.17. The van der Waals surface area contributed by atoms with E-state index in [4.69, 9.17) is 0 Å². The molecule has 0 heterocycles. The number of phenolic OH excluding ortho intramolecular Hbond substituents is 1. The van der Waals surface area contributed by atoms with Crippen LogP contribution in [0.4, 0.5) is 5.69 Å². The fraction of sp³-hybridized carbons (Fsp3) is 0.200. The average Bonchev–Trinajstić information content (AvgIpc) is 2.36. The average molecular weight is 227 g/mol. The number of hydrogen-bond acceptors (Lipinski definition) is 2. The van der Waals surface area contributed by atoms with Crippen molar-refractivity contribution in [2.24, 2.45) is 0 Å². The summed E-state index contributed by atoms with van der Waals surface area (Å²) in [5.74, 6) is 0.329. The van der Waals surface area contributed by atoms with Gasteiger partial charge in [0.2, 0.25) is 0 Å². The minimum absolute atomic E-state index is 0.219. The van der Waals surface area contributed by atoms with Gasteiger partial charge in [0.1, 0.15) is 5.75 Å². The Labute approximate surface area is 102 Å². The predicted molar refractivity (Wildman–Crippen MR) is 71.3 cm³/mol. The van der Waals surface area contributed by atoms with E-state index in [2.05, 4.69) is 24.4 Å². The third-order valence-electron chi connectivity index (χ3n) is 2.98. The van der Waals surface area contributed by atoms with Gasteiger partial charge in [0.25, 0.3) is 0 Å². The highest BCUT2D eigenvalue weighted by Crippen LogP contribution is 2.27. The number of rotatable bonds is 3. The van der Waals surface area contributed by atoms with Crippen molar-refractivity contribution in [3.05, 3.63) is 59.7 Å². The lowest BCUT2D eigenvalue weighted by molar-refractivity contribution is 0.471. The van der Waals surface area contributed by atoms with Crippen LogP contribution in [0.3, 0.4) is 0 Å². The second-order valence-electron chi connectivity index (χ2n) is 4.23. The Hall–Kier alpha value is -1.96. The molecule has 88 valence electrons. The van der Waals surface area contributed by atoms with E-state index in [1.807, 2.05) is 37.3 Å². The first-order chi connectivity index (χ1) is 8.18. The monoisotopic (exact) mass is 227 g/mol. The summed E-state index contributed by atoms with van der Waals surface area (Å²) in [6, 6.07) is 16.0. The second kappa shape index (κ2) is 4.91. The van der Waals surface area contributed by atoms with Gasteiger partial charge in [-0.3, -0.25) is 0 Å². The largest absolute Gasteiger partial charge is 0.508 e.